The van der Waals surface area contributed by atoms with E-state index in [1.54, 1.807) is 12.1 Å². The van der Waals surface area contributed by atoms with Crippen molar-refractivity contribution in [2.75, 3.05) is 24.5 Å². The third-order valence-electron chi connectivity index (χ3n) is 3.84. The minimum atomic E-state index is -0.427. The van der Waals surface area contributed by atoms with Gasteiger partial charge in [-0.25, -0.2) is 0 Å². The van der Waals surface area contributed by atoms with Crippen LogP contribution in [0.1, 0.15) is 19.8 Å². The molecule has 1 aliphatic rings. The molecule has 0 bridgehead atoms. The second-order valence-corrected chi connectivity index (χ2v) is 5.21. The van der Waals surface area contributed by atoms with Crippen molar-refractivity contribution < 1.29 is 9.34 Å². The predicted octanol–water partition coefficient (Wildman–Crippen LogP) is 2.31. The molecule has 112 valence electrons. The summed E-state index contributed by atoms with van der Waals surface area (Å²) in [5.41, 5.74) is 0.755. The maximum atomic E-state index is 11.0. The highest BCUT2D eigenvalue weighted by molar-refractivity contribution is 5.84. The van der Waals surface area contributed by atoms with Crippen molar-refractivity contribution in [2.45, 2.75) is 25.8 Å². The van der Waals surface area contributed by atoms with E-state index in [0.717, 1.165) is 26.1 Å². The molecular weight excluding hydrogens is 272 g/mol. The van der Waals surface area contributed by atoms with Crippen LogP contribution in [-0.4, -0.2) is 35.6 Å². The Balaban J connectivity index is 1.91. The summed E-state index contributed by atoms with van der Waals surface area (Å²) in [6.07, 6.45) is 2.32. The third kappa shape index (κ3) is 2.69. The lowest BCUT2D eigenvalue weighted by Gasteiger charge is -2.22. The van der Waals surface area contributed by atoms with E-state index >= 15 is 0 Å². The summed E-state index contributed by atoms with van der Waals surface area (Å²) in [5.74, 6) is 0. The number of hydrogen-bond donors (Lipinski definition) is 1. The Morgan fingerprint density at radius 2 is 2.43 bits per heavy atom. The van der Waals surface area contributed by atoms with E-state index in [0.29, 0.717) is 23.2 Å². The highest BCUT2D eigenvalue weighted by Gasteiger charge is 2.23. The molecule has 1 saturated heterocycles. The van der Waals surface area contributed by atoms with Gasteiger partial charge < -0.3 is 14.6 Å². The molecule has 3 rings (SSSR count). The molecule has 1 aromatic heterocycles. The normalized spacial score (nSPS) is 18.2. The number of nitro groups is 1. The molecule has 0 saturated carbocycles. The largest absolute Gasteiger partial charge is 0.423 e. The molecule has 1 fully saturated rings. The Bertz CT molecular complexity index is 649. The van der Waals surface area contributed by atoms with Gasteiger partial charge in [0, 0.05) is 25.2 Å². The Kier molecular flexibility index (Phi) is 3.74. The fraction of sp³-hybridized carbons (Fsp3) is 0.500. The van der Waals surface area contributed by atoms with Crippen molar-refractivity contribution in [2.24, 2.45) is 0 Å². The highest BCUT2D eigenvalue weighted by atomic mass is 16.6. The van der Waals surface area contributed by atoms with Crippen LogP contribution in [0.2, 0.25) is 0 Å². The van der Waals surface area contributed by atoms with Crippen LogP contribution < -0.4 is 10.2 Å². The Hall–Kier alpha value is -2.15. The van der Waals surface area contributed by atoms with Crippen molar-refractivity contribution in [1.29, 1.82) is 0 Å². The summed E-state index contributed by atoms with van der Waals surface area (Å²) in [4.78, 5) is 17.0. The Morgan fingerprint density at radius 1 is 1.57 bits per heavy atom. The van der Waals surface area contributed by atoms with Crippen molar-refractivity contribution in [3.05, 3.63) is 28.3 Å². The summed E-state index contributed by atoms with van der Waals surface area (Å²) in [6.45, 7) is 4.62. The number of non-ortho nitro benzene ring substituents is 1. The lowest BCUT2D eigenvalue weighted by atomic mass is 10.2. The number of nitro benzene ring substituents is 1. The molecule has 1 aliphatic heterocycles. The number of anilines is 1. The molecule has 0 radical (unpaired) electrons. The number of hydrogen-bond acceptors (Lipinski definition) is 6. The van der Waals surface area contributed by atoms with Crippen LogP contribution in [-0.2, 0) is 0 Å². The molecule has 7 heteroatoms. The molecule has 21 heavy (non-hydrogen) atoms. The molecule has 1 atom stereocenters. The van der Waals surface area contributed by atoms with Crippen LogP contribution in [0.5, 0.6) is 0 Å². The van der Waals surface area contributed by atoms with E-state index < -0.39 is 4.92 Å². The van der Waals surface area contributed by atoms with Crippen LogP contribution in [0.25, 0.3) is 11.1 Å². The number of para-hydroxylation sites is 1. The second kappa shape index (κ2) is 5.69. The zero-order chi connectivity index (χ0) is 14.8. The van der Waals surface area contributed by atoms with Gasteiger partial charge in [0.25, 0.3) is 11.7 Å². The van der Waals surface area contributed by atoms with Crippen LogP contribution >= 0.6 is 0 Å². The van der Waals surface area contributed by atoms with Gasteiger partial charge in [-0.1, -0.05) is 6.07 Å². The quantitative estimate of drug-likeness (QED) is 0.672. The first-order valence-corrected chi connectivity index (χ1v) is 7.21. The maximum Gasteiger partial charge on any atom is 0.298 e. The monoisotopic (exact) mass is 290 g/mol. The van der Waals surface area contributed by atoms with Gasteiger partial charge >= 0.3 is 0 Å². The molecule has 2 heterocycles. The van der Waals surface area contributed by atoms with Gasteiger partial charge in [0.2, 0.25) is 0 Å². The van der Waals surface area contributed by atoms with E-state index in [1.807, 2.05) is 11.8 Å². The number of nitrogens with one attached hydrogen (secondary N) is 1. The van der Waals surface area contributed by atoms with Gasteiger partial charge in [-0.2, -0.15) is 4.98 Å². The molecule has 1 unspecified atom stereocenters. The average Bonchev–Trinajstić information content (AvgIpc) is 3.12. The van der Waals surface area contributed by atoms with Crippen molar-refractivity contribution in [3.8, 4) is 0 Å². The summed E-state index contributed by atoms with van der Waals surface area (Å²) in [5, 5.41) is 14.5. The minimum Gasteiger partial charge on any atom is -0.423 e. The van der Waals surface area contributed by atoms with Crippen LogP contribution in [0, 0.1) is 10.1 Å². The Morgan fingerprint density at radius 3 is 3.10 bits per heavy atom. The van der Waals surface area contributed by atoms with Gasteiger partial charge in [0.1, 0.15) is 0 Å². The van der Waals surface area contributed by atoms with Crippen molar-refractivity contribution >= 4 is 22.8 Å². The van der Waals surface area contributed by atoms with E-state index in [-0.39, 0.29) is 5.69 Å². The Labute approximate surface area is 122 Å². The molecule has 1 aromatic carbocycles. The molecular formula is C14H18N4O3. The fourth-order valence-electron chi connectivity index (χ4n) is 2.73. The summed E-state index contributed by atoms with van der Waals surface area (Å²) in [6, 6.07) is 5.65. The second-order valence-electron chi connectivity index (χ2n) is 5.21. The summed E-state index contributed by atoms with van der Waals surface area (Å²) >= 11 is 0. The lowest BCUT2D eigenvalue weighted by molar-refractivity contribution is -0.383. The summed E-state index contributed by atoms with van der Waals surface area (Å²) < 4.78 is 5.70. The highest BCUT2D eigenvalue weighted by Crippen LogP contribution is 2.29. The van der Waals surface area contributed by atoms with Crippen LogP contribution in [0.4, 0.5) is 11.7 Å². The van der Waals surface area contributed by atoms with Gasteiger partial charge in [-0.15, -0.1) is 0 Å². The summed E-state index contributed by atoms with van der Waals surface area (Å²) in [7, 11) is 0. The van der Waals surface area contributed by atoms with Gasteiger partial charge in [0.15, 0.2) is 11.1 Å². The zero-order valence-electron chi connectivity index (χ0n) is 11.9. The molecule has 0 aliphatic carbocycles. The maximum absolute atomic E-state index is 11.0. The number of aromatic nitrogens is 1. The van der Waals surface area contributed by atoms with Crippen molar-refractivity contribution in [3.63, 3.8) is 0 Å². The first-order valence-electron chi connectivity index (χ1n) is 7.21. The van der Waals surface area contributed by atoms with Gasteiger partial charge in [-0.05, 0) is 32.4 Å². The molecule has 2 aromatic rings. The number of likely N-dealkylation sites (N-methyl/N-ethyl adjacent to an activating group) is 1. The van der Waals surface area contributed by atoms with Gasteiger partial charge in [0.05, 0.1) is 4.92 Å². The van der Waals surface area contributed by atoms with Crippen LogP contribution in [0.3, 0.4) is 0 Å². The van der Waals surface area contributed by atoms with Gasteiger partial charge in [-0.3, -0.25) is 10.1 Å². The molecule has 0 spiro atoms. The van der Waals surface area contributed by atoms with Crippen molar-refractivity contribution in [1.82, 2.24) is 10.3 Å². The molecule has 1 N–H and O–H groups in total. The fourth-order valence-corrected chi connectivity index (χ4v) is 2.73. The number of oxazole rings is 1. The van der Waals surface area contributed by atoms with E-state index in [1.165, 1.54) is 12.5 Å². The van der Waals surface area contributed by atoms with E-state index in [2.05, 4.69) is 10.3 Å². The first kappa shape index (κ1) is 13.8. The number of rotatable bonds is 5. The minimum absolute atomic E-state index is 0.0162. The zero-order valence-corrected chi connectivity index (χ0v) is 11.9. The third-order valence-corrected chi connectivity index (χ3v) is 3.84. The van der Waals surface area contributed by atoms with Crippen LogP contribution in [0.15, 0.2) is 22.6 Å². The number of fused-ring (bicyclic) bond motifs is 1. The molecule has 0 amide bonds. The topological polar surface area (TPSA) is 84.4 Å². The average molecular weight is 290 g/mol. The van der Waals surface area contributed by atoms with E-state index in [4.69, 9.17) is 4.42 Å². The SMILES string of the molecule is CCN(CC1CCCN1)c1nc2c([N+](=O)[O-])cccc2o1. The smallest absolute Gasteiger partial charge is 0.298 e. The molecule has 7 nitrogen and oxygen atoms in total. The number of benzene rings is 1. The number of nitrogens with zero attached hydrogens (tertiary/aromatic N) is 3. The lowest BCUT2D eigenvalue weighted by Crippen LogP contribution is -2.37. The van der Waals surface area contributed by atoms with E-state index in [9.17, 15) is 10.1 Å². The predicted molar refractivity (Wildman–Crippen MR) is 79.6 cm³/mol. The standard InChI is InChI=1S/C14H18N4O3/c1-2-17(9-10-5-4-8-15-10)14-16-13-11(18(19)20)6-3-7-12(13)21-14/h3,6-7,10,15H,2,4-5,8-9H2,1H3. The first-order chi connectivity index (χ1) is 10.2.